The van der Waals surface area contributed by atoms with Crippen LogP contribution in [-0.4, -0.2) is 12.0 Å². The first-order valence-electron chi connectivity index (χ1n) is 6.63. The summed E-state index contributed by atoms with van der Waals surface area (Å²) in [6, 6.07) is 14.9. The van der Waals surface area contributed by atoms with E-state index in [1.807, 2.05) is 55.5 Å². The monoisotopic (exact) mass is 283 g/mol. The van der Waals surface area contributed by atoms with Crippen LogP contribution in [0.2, 0.25) is 0 Å². The maximum Gasteiger partial charge on any atom is 0.251 e. The normalized spacial score (nSPS) is 11.2. The molecule has 0 saturated carbocycles. The third-order valence-electron chi connectivity index (χ3n) is 3.21. The van der Waals surface area contributed by atoms with Gasteiger partial charge >= 0.3 is 0 Å². The van der Waals surface area contributed by atoms with Crippen molar-refractivity contribution in [2.24, 2.45) is 0 Å². The second kappa shape index (κ2) is 6.70. The van der Waals surface area contributed by atoms with Crippen molar-refractivity contribution in [1.29, 1.82) is 0 Å². The number of nitro groups is 1. The van der Waals surface area contributed by atoms with Crippen LogP contribution in [0, 0.1) is 17.0 Å². The van der Waals surface area contributed by atoms with Gasteiger partial charge in [0.05, 0.1) is 18.5 Å². The van der Waals surface area contributed by atoms with Crippen molar-refractivity contribution in [3.05, 3.63) is 81.0 Å². The Morgan fingerprint density at radius 1 is 1.24 bits per heavy atom. The Hall–Kier alpha value is -2.62. The van der Waals surface area contributed by atoms with Crippen molar-refractivity contribution in [3.63, 3.8) is 0 Å². The summed E-state index contributed by atoms with van der Waals surface area (Å²) in [6.07, 6.45) is 1.92. The van der Waals surface area contributed by atoms with Gasteiger partial charge in [0.1, 0.15) is 5.75 Å². The van der Waals surface area contributed by atoms with Crippen molar-refractivity contribution in [2.45, 2.75) is 13.3 Å². The van der Waals surface area contributed by atoms with Gasteiger partial charge in [-0.3, -0.25) is 10.1 Å². The topological polar surface area (TPSA) is 52.4 Å². The highest BCUT2D eigenvalue weighted by atomic mass is 16.6. The second-order valence-corrected chi connectivity index (χ2v) is 4.78. The fraction of sp³-hybridized carbons (Fsp3) is 0.176. The van der Waals surface area contributed by atoms with Crippen LogP contribution in [0.15, 0.2) is 54.2 Å². The summed E-state index contributed by atoms with van der Waals surface area (Å²) in [5.74, 6) is 0.776. The number of nitrogens with zero attached hydrogens (tertiary/aromatic N) is 1. The van der Waals surface area contributed by atoms with Crippen LogP contribution in [0.5, 0.6) is 5.75 Å². The molecular formula is C17H17NO3. The summed E-state index contributed by atoms with van der Waals surface area (Å²) < 4.78 is 5.19. The number of benzene rings is 2. The molecule has 0 saturated heterocycles. The van der Waals surface area contributed by atoms with E-state index in [9.17, 15) is 10.1 Å². The van der Waals surface area contributed by atoms with Gasteiger partial charge in [-0.1, -0.05) is 36.4 Å². The molecule has 2 aromatic rings. The smallest absolute Gasteiger partial charge is 0.251 e. The van der Waals surface area contributed by atoms with E-state index in [0.29, 0.717) is 6.42 Å². The first-order valence-corrected chi connectivity index (χ1v) is 6.63. The highest BCUT2D eigenvalue weighted by molar-refractivity contribution is 5.55. The largest absolute Gasteiger partial charge is 0.496 e. The molecule has 0 heterocycles. The van der Waals surface area contributed by atoms with Crippen LogP contribution in [0.3, 0.4) is 0 Å². The van der Waals surface area contributed by atoms with E-state index in [2.05, 4.69) is 0 Å². The molecule has 0 aliphatic carbocycles. The summed E-state index contributed by atoms with van der Waals surface area (Å²) in [5, 5.41) is 11.2. The van der Waals surface area contributed by atoms with Gasteiger partial charge in [-0.25, -0.2) is 0 Å². The van der Waals surface area contributed by atoms with Crippen molar-refractivity contribution in [3.8, 4) is 5.75 Å². The molecule has 4 heteroatoms. The minimum Gasteiger partial charge on any atom is -0.496 e. The number of aryl methyl sites for hydroxylation is 1. The number of ether oxygens (including phenoxy) is 1. The number of hydrogen-bond donors (Lipinski definition) is 0. The Kier molecular flexibility index (Phi) is 4.72. The van der Waals surface area contributed by atoms with E-state index in [4.69, 9.17) is 4.74 Å². The summed E-state index contributed by atoms with van der Waals surface area (Å²) >= 11 is 0. The summed E-state index contributed by atoms with van der Waals surface area (Å²) in [7, 11) is 1.61. The zero-order valence-electron chi connectivity index (χ0n) is 12.1. The van der Waals surface area contributed by atoms with Gasteiger partial charge in [-0.15, -0.1) is 0 Å². The van der Waals surface area contributed by atoms with Gasteiger partial charge in [0.2, 0.25) is 0 Å². The van der Waals surface area contributed by atoms with Crippen LogP contribution >= 0.6 is 0 Å². The molecule has 0 aliphatic rings. The third-order valence-corrected chi connectivity index (χ3v) is 3.21. The van der Waals surface area contributed by atoms with Crippen LogP contribution in [0.4, 0.5) is 0 Å². The molecule has 0 amide bonds. The van der Waals surface area contributed by atoms with Gasteiger partial charge in [-0.05, 0) is 35.7 Å². The summed E-state index contributed by atoms with van der Waals surface area (Å²) in [6.45, 7) is 1.92. The number of hydrogen-bond acceptors (Lipinski definition) is 3. The van der Waals surface area contributed by atoms with Gasteiger partial charge in [-0.2, -0.15) is 0 Å². The van der Waals surface area contributed by atoms with E-state index < -0.39 is 0 Å². The molecular weight excluding hydrogens is 266 g/mol. The van der Waals surface area contributed by atoms with E-state index in [0.717, 1.165) is 22.4 Å². The maximum absolute atomic E-state index is 11.2. The molecule has 0 fully saturated rings. The average molecular weight is 283 g/mol. The summed E-state index contributed by atoms with van der Waals surface area (Å²) in [5.41, 5.74) is 2.85. The highest BCUT2D eigenvalue weighted by Crippen LogP contribution is 2.21. The Morgan fingerprint density at radius 2 is 1.95 bits per heavy atom. The molecule has 4 nitrogen and oxygen atoms in total. The Balaban J connectivity index is 2.29. The molecule has 2 rings (SSSR count). The molecule has 108 valence electrons. The quantitative estimate of drug-likeness (QED) is 0.618. The minimum absolute atomic E-state index is 0.172. The van der Waals surface area contributed by atoms with Crippen molar-refractivity contribution < 1.29 is 9.66 Å². The summed E-state index contributed by atoms with van der Waals surface area (Å²) in [4.78, 5) is 10.9. The van der Waals surface area contributed by atoms with Gasteiger partial charge < -0.3 is 4.74 Å². The zero-order chi connectivity index (χ0) is 15.2. The van der Waals surface area contributed by atoms with Crippen molar-refractivity contribution >= 4 is 6.08 Å². The molecule has 0 atom stereocenters. The lowest BCUT2D eigenvalue weighted by Gasteiger charge is -2.05. The second-order valence-electron chi connectivity index (χ2n) is 4.78. The highest BCUT2D eigenvalue weighted by Gasteiger charge is 2.12. The molecule has 0 N–H and O–H groups in total. The lowest BCUT2D eigenvalue weighted by Crippen LogP contribution is -2.02. The van der Waals surface area contributed by atoms with Crippen LogP contribution in [-0.2, 0) is 6.42 Å². The average Bonchev–Trinajstić information content (AvgIpc) is 2.48. The zero-order valence-corrected chi connectivity index (χ0v) is 12.1. The molecule has 0 bridgehead atoms. The first kappa shape index (κ1) is 14.8. The fourth-order valence-electron chi connectivity index (χ4n) is 2.16. The molecule has 0 spiro atoms. The molecule has 0 aliphatic heterocycles. The van der Waals surface area contributed by atoms with E-state index in [-0.39, 0.29) is 10.6 Å². The van der Waals surface area contributed by atoms with Crippen molar-refractivity contribution in [1.82, 2.24) is 0 Å². The molecule has 2 aromatic carbocycles. The van der Waals surface area contributed by atoms with Gasteiger partial charge in [0, 0.05) is 6.08 Å². The SMILES string of the molecule is COc1ccc(C=C(Cc2ccccc2)[N+](=O)[O-])cc1C. The Labute approximate surface area is 123 Å². The number of allylic oxidation sites excluding steroid dienone is 1. The predicted octanol–water partition coefficient (Wildman–Crippen LogP) is 3.86. The number of rotatable bonds is 5. The van der Waals surface area contributed by atoms with Crippen molar-refractivity contribution in [2.75, 3.05) is 7.11 Å². The number of methoxy groups -OCH3 is 1. The van der Waals surface area contributed by atoms with E-state index in [1.165, 1.54) is 0 Å². The van der Waals surface area contributed by atoms with E-state index >= 15 is 0 Å². The first-order chi connectivity index (χ1) is 10.1. The lowest BCUT2D eigenvalue weighted by atomic mass is 10.1. The lowest BCUT2D eigenvalue weighted by molar-refractivity contribution is -0.425. The third kappa shape index (κ3) is 3.92. The predicted molar refractivity (Wildman–Crippen MR) is 82.8 cm³/mol. The molecule has 21 heavy (non-hydrogen) atoms. The maximum atomic E-state index is 11.2. The van der Waals surface area contributed by atoms with Gasteiger partial charge in [0.25, 0.3) is 5.70 Å². The Morgan fingerprint density at radius 3 is 2.52 bits per heavy atom. The molecule has 0 radical (unpaired) electrons. The minimum atomic E-state index is -0.327. The van der Waals surface area contributed by atoms with Crippen LogP contribution in [0.1, 0.15) is 16.7 Å². The van der Waals surface area contributed by atoms with Gasteiger partial charge in [0.15, 0.2) is 0 Å². The van der Waals surface area contributed by atoms with E-state index in [1.54, 1.807) is 13.2 Å². The molecule has 0 aromatic heterocycles. The van der Waals surface area contributed by atoms with Crippen LogP contribution < -0.4 is 4.74 Å². The molecule has 0 unspecified atom stereocenters. The Bertz CT molecular complexity index is 663. The van der Waals surface area contributed by atoms with Crippen LogP contribution in [0.25, 0.3) is 6.08 Å². The standard InChI is InChI=1S/C17H17NO3/c1-13-10-15(8-9-17(13)21-2)12-16(18(19)20)11-14-6-4-3-5-7-14/h3-10,12H,11H2,1-2H3. The fourth-order valence-corrected chi connectivity index (χ4v) is 2.16.